The van der Waals surface area contributed by atoms with Crippen molar-refractivity contribution in [2.45, 2.75) is 48.5 Å². The van der Waals surface area contributed by atoms with Crippen LogP contribution in [0.4, 0.5) is 17.6 Å². The highest BCUT2D eigenvalue weighted by atomic mass is 32.2. The molecule has 2 atom stereocenters. The van der Waals surface area contributed by atoms with E-state index in [-0.39, 0.29) is 36.7 Å². The Morgan fingerprint density at radius 1 is 1.21 bits per heavy atom. The number of nitrogens with zero attached hydrogens (tertiary/aromatic N) is 3. The van der Waals surface area contributed by atoms with Gasteiger partial charge in [0, 0.05) is 32.7 Å². The predicted molar refractivity (Wildman–Crippen MR) is 146 cm³/mol. The third-order valence-corrected chi connectivity index (χ3v) is 8.22. The maximum absolute atomic E-state index is 15.2. The number of pyridine rings is 3. The molecular weight excluding hydrogens is 592 g/mol. The topological polar surface area (TPSA) is 120 Å². The van der Waals surface area contributed by atoms with Crippen molar-refractivity contribution < 1.29 is 47.1 Å². The van der Waals surface area contributed by atoms with Gasteiger partial charge >= 0.3 is 0 Å². The van der Waals surface area contributed by atoms with E-state index in [4.69, 9.17) is 11.6 Å². The number of benzene rings is 1. The summed E-state index contributed by atoms with van der Waals surface area (Å²) < 4.78 is 132. The molecule has 4 heterocycles. The first-order valence-corrected chi connectivity index (χ1v) is 14.3. The number of carbonyl (C=O) groups excluding carboxylic acids is 1. The van der Waals surface area contributed by atoms with Crippen LogP contribution in [0.15, 0.2) is 53.6 Å². The molecule has 1 saturated carbocycles. The van der Waals surface area contributed by atoms with E-state index in [9.17, 15) is 22.0 Å². The number of alkyl halides is 3. The van der Waals surface area contributed by atoms with Gasteiger partial charge < -0.3 is 14.8 Å². The van der Waals surface area contributed by atoms with Crippen LogP contribution in [0, 0.1) is 5.82 Å². The second kappa shape index (κ2) is 10.7. The zero-order valence-electron chi connectivity index (χ0n) is 27.1. The normalized spacial score (nSPS) is 25.8. The standard InChI is InChI=1S/C29H24F4N4O5S/c1-2-41-23-6-5-21(37-26(23)18-12-29(18,32)33)20-4-3-15-13-34-17(11-22(15)36-20)14-35-28(38)16-9-19(30)27-24(10-16)43(39,40)25(31)7-8-42-27/h3-6,9-11,13,18,25H,2,7-8,12,14H2,1H3,(H,35,38)/t18?,25-/m1/s1/i7D2,8D2,25D. The molecule has 14 heteroatoms. The molecule has 3 aromatic heterocycles. The maximum atomic E-state index is 15.2. The van der Waals surface area contributed by atoms with Crippen molar-refractivity contribution in [2.24, 2.45) is 0 Å². The fourth-order valence-electron chi connectivity index (χ4n) is 4.49. The van der Waals surface area contributed by atoms with Gasteiger partial charge in [-0.15, -0.1) is 0 Å². The van der Waals surface area contributed by atoms with E-state index in [0.717, 1.165) is 0 Å². The van der Waals surface area contributed by atoms with E-state index in [2.05, 4.69) is 25.0 Å². The highest BCUT2D eigenvalue weighted by Crippen LogP contribution is 2.57. The number of rotatable bonds is 7. The first kappa shape index (κ1) is 23.2. The Morgan fingerprint density at radius 2 is 1.95 bits per heavy atom. The molecular formula is C29H24F4N4O5S. The van der Waals surface area contributed by atoms with Crippen LogP contribution in [-0.2, 0) is 16.4 Å². The maximum Gasteiger partial charge on any atom is 0.257 e. The highest BCUT2D eigenvalue weighted by molar-refractivity contribution is 7.92. The molecule has 0 saturated heterocycles. The smallest absolute Gasteiger partial charge is 0.257 e. The minimum atomic E-state index is -5.78. The zero-order chi connectivity index (χ0) is 35.0. The van der Waals surface area contributed by atoms with Gasteiger partial charge in [-0.2, -0.15) is 0 Å². The average Bonchev–Trinajstić information content (AvgIpc) is 3.67. The third kappa shape index (κ3) is 5.46. The molecule has 1 aromatic carbocycles. The first-order valence-electron chi connectivity index (χ1n) is 15.3. The van der Waals surface area contributed by atoms with Crippen molar-refractivity contribution in [1.82, 2.24) is 20.3 Å². The summed E-state index contributed by atoms with van der Waals surface area (Å²) >= 11 is 0. The van der Waals surface area contributed by atoms with E-state index in [0.29, 0.717) is 34.4 Å². The van der Waals surface area contributed by atoms with Crippen LogP contribution in [0.2, 0.25) is 0 Å². The van der Waals surface area contributed by atoms with E-state index >= 15 is 8.78 Å². The molecule has 1 N–H and O–H groups in total. The van der Waals surface area contributed by atoms with E-state index in [1.807, 2.05) is 0 Å². The summed E-state index contributed by atoms with van der Waals surface area (Å²) in [7, 11) is -5.78. The van der Waals surface area contributed by atoms with E-state index in [1.165, 1.54) is 12.3 Å². The fraction of sp³-hybridized carbons (Fsp3) is 0.310. The quantitative estimate of drug-likeness (QED) is 0.282. The number of hydrogen-bond acceptors (Lipinski definition) is 8. The van der Waals surface area contributed by atoms with Crippen LogP contribution in [-0.4, -0.2) is 53.8 Å². The van der Waals surface area contributed by atoms with Gasteiger partial charge in [0.05, 0.1) is 58.0 Å². The second-order valence-corrected chi connectivity index (χ2v) is 11.5. The van der Waals surface area contributed by atoms with Crippen molar-refractivity contribution in [2.75, 3.05) is 13.2 Å². The molecule has 0 spiro atoms. The lowest BCUT2D eigenvalue weighted by molar-refractivity contribution is 0.0949. The van der Waals surface area contributed by atoms with E-state index in [1.54, 1.807) is 31.2 Å². The molecule has 2 aliphatic rings. The zero-order valence-corrected chi connectivity index (χ0v) is 22.9. The largest absolute Gasteiger partial charge is 0.492 e. The highest BCUT2D eigenvalue weighted by Gasteiger charge is 2.59. The number of hydrogen-bond donors (Lipinski definition) is 1. The molecule has 0 bridgehead atoms. The third-order valence-electron chi connectivity index (χ3n) is 6.76. The number of nitrogens with one attached hydrogen (secondary N) is 1. The summed E-state index contributed by atoms with van der Waals surface area (Å²) in [5, 5.41) is 2.97. The summed E-state index contributed by atoms with van der Waals surface area (Å²) in [6.07, 6.45) is -3.01. The lowest BCUT2D eigenvalue weighted by Crippen LogP contribution is -2.24. The molecule has 4 aromatic rings. The Kier molecular flexibility index (Phi) is 5.79. The van der Waals surface area contributed by atoms with Gasteiger partial charge in [0.25, 0.3) is 11.8 Å². The van der Waals surface area contributed by atoms with Crippen LogP contribution >= 0.6 is 0 Å². The minimum absolute atomic E-state index is 0.130. The molecule has 6 rings (SSSR count). The van der Waals surface area contributed by atoms with Gasteiger partial charge in [-0.1, -0.05) is 0 Å². The fourth-order valence-corrected chi connectivity index (χ4v) is 5.52. The minimum Gasteiger partial charge on any atom is -0.492 e. The molecule has 43 heavy (non-hydrogen) atoms. The number of sulfone groups is 1. The average molecular weight is 622 g/mol. The number of aromatic nitrogens is 3. The Balaban J connectivity index is 1.26. The molecule has 1 amide bonds. The van der Waals surface area contributed by atoms with Crippen molar-refractivity contribution in [1.29, 1.82) is 0 Å². The van der Waals surface area contributed by atoms with E-state index < -0.39 is 68.0 Å². The molecule has 1 fully saturated rings. The Hall–Kier alpha value is -4.33. The Labute approximate surface area is 250 Å². The molecule has 1 aliphatic heterocycles. The monoisotopic (exact) mass is 621 g/mol. The Morgan fingerprint density at radius 3 is 2.70 bits per heavy atom. The van der Waals surface area contributed by atoms with Gasteiger partial charge in [0.1, 0.15) is 10.6 Å². The van der Waals surface area contributed by atoms with Crippen LogP contribution in [0.1, 0.15) is 54.2 Å². The summed E-state index contributed by atoms with van der Waals surface area (Å²) in [5.74, 6) is -7.77. The van der Waals surface area contributed by atoms with Gasteiger partial charge in [-0.05, 0) is 49.4 Å². The summed E-state index contributed by atoms with van der Waals surface area (Å²) in [6, 6.07) is 8.91. The van der Waals surface area contributed by atoms with Crippen molar-refractivity contribution in [3.05, 3.63) is 71.4 Å². The van der Waals surface area contributed by atoms with Gasteiger partial charge in [-0.25, -0.2) is 35.9 Å². The van der Waals surface area contributed by atoms with Crippen LogP contribution in [0.5, 0.6) is 11.5 Å². The van der Waals surface area contributed by atoms with Crippen molar-refractivity contribution >= 4 is 26.6 Å². The van der Waals surface area contributed by atoms with Gasteiger partial charge in [0.2, 0.25) is 15.3 Å². The van der Waals surface area contributed by atoms with Crippen LogP contribution in [0.3, 0.4) is 0 Å². The lowest BCUT2D eigenvalue weighted by atomic mass is 10.1. The summed E-state index contributed by atoms with van der Waals surface area (Å²) in [6.45, 7) is -2.10. The number of halogens is 4. The van der Waals surface area contributed by atoms with Gasteiger partial charge in [-0.3, -0.25) is 9.78 Å². The first-order chi connectivity index (χ1) is 22.3. The number of fused-ring (bicyclic) bond motifs is 2. The predicted octanol–water partition coefficient (Wildman–Crippen LogP) is 5.13. The second-order valence-electron chi connectivity index (χ2n) is 9.67. The molecule has 9 nitrogen and oxygen atoms in total. The number of amides is 1. The van der Waals surface area contributed by atoms with Crippen molar-refractivity contribution in [3.8, 4) is 22.9 Å². The molecule has 0 radical (unpaired) electrons. The van der Waals surface area contributed by atoms with Crippen LogP contribution < -0.4 is 14.8 Å². The Bertz CT molecular complexity index is 2110. The lowest BCUT2D eigenvalue weighted by Gasteiger charge is -2.12. The molecule has 1 unspecified atom stereocenters. The number of carbonyl (C=O) groups is 1. The molecule has 1 aliphatic carbocycles. The van der Waals surface area contributed by atoms with Gasteiger partial charge in [0.15, 0.2) is 11.6 Å². The number of ether oxygens (including phenoxy) is 2. The summed E-state index contributed by atoms with van der Waals surface area (Å²) in [5.41, 5.74) is -3.92. The van der Waals surface area contributed by atoms with Crippen LogP contribution in [0.25, 0.3) is 22.3 Å². The molecule has 224 valence electrons. The van der Waals surface area contributed by atoms with Crippen molar-refractivity contribution in [3.63, 3.8) is 0 Å². The summed E-state index contributed by atoms with van der Waals surface area (Å²) in [4.78, 5) is 24.7. The SMILES string of the molecule is [2H]C1([2H])Oc2c(F)cc(C(=O)NCc3cc4nc(-c5ccc(OCC)c(C6CC6(F)F)n5)ccc4cn3)cc2S(=O)(=O)[C@@]([2H])(F)C1([2H])[2H].